The van der Waals surface area contributed by atoms with Crippen LogP contribution in [-0.2, 0) is 0 Å². The lowest BCUT2D eigenvalue weighted by molar-refractivity contribution is 0.151. The Kier molecular flexibility index (Phi) is 5.25. The summed E-state index contributed by atoms with van der Waals surface area (Å²) in [6, 6.07) is 5.51. The van der Waals surface area contributed by atoms with Crippen molar-refractivity contribution in [3.63, 3.8) is 0 Å². The first-order valence-corrected chi connectivity index (χ1v) is 6.08. The largest absolute Gasteiger partial charge is 0.493 e. The number of aliphatic hydroxyl groups excluding tert-OH is 2. The van der Waals surface area contributed by atoms with Gasteiger partial charge in [-0.05, 0) is 26.0 Å². The van der Waals surface area contributed by atoms with Crippen LogP contribution in [0.15, 0.2) is 22.7 Å². The molecule has 2 atom stereocenters. The van der Waals surface area contributed by atoms with Gasteiger partial charge in [-0.1, -0.05) is 22.0 Å². The number of hydrogen-bond acceptors (Lipinski definition) is 3. The maximum absolute atomic E-state index is 9.56. The highest BCUT2D eigenvalue weighted by molar-refractivity contribution is 9.10. The van der Waals surface area contributed by atoms with E-state index in [1.54, 1.807) is 13.8 Å². The minimum absolute atomic E-state index is 0.373. The van der Waals surface area contributed by atoms with Gasteiger partial charge in [0, 0.05) is 16.5 Å². The molecule has 0 amide bonds. The van der Waals surface area contributed by atoms with Crippen LogP contribution in [0.4, 0.5) is 0 Å². The summed E-state index contributed by atoms with van der Waals surface area (Å²) >= 11 is 3.36. The fourth-order valence-corrected chi connectivity index (χ4v) is 1.66. The third-order valence-corrected chi connectivity index (χ3v) is 2.71. The SMILES string of the molecule is CC(O)CCOc1cc(Br)ccc1[C@@H](C)O. The zero-order valence-corrected chi connectivity index (χ0v) is 11.1. The Morgan fingerprint density at radius 2 is 2.00 bits per heavy atom. The normalized spacial score (nSPS) is 14.6. The number of rotatable bonds is 5. The molecule has 0 aromatic heterocycles. The second-order valence-electron chi connectivity index (χ2n) is 3.84. The van der Waals surface area contributed by atoms with Crippen molar-refractivity contribution < 1.29 is 14.9 Å². The van der Waals surface area contributed by atoms with Gasteiger partial charge in [0.15, 0.2) is 0 Å². The van der Waals surface area contributed by atoms with E-state index < -0.39 is 6.10 Å². The molecule has 0 saturated carbocycles. The average Bonchev–Trinajstić information content (AvgIpc) is 2.16. The van der Waals surface area contributed by atoms with E-state index in [1.165, 1.54) is 0 Å². The minimum atomic E-state index is -0.561. The standard InChI is InChI=1S/C12H17BrO3/c1-8(14)5-6-16-12-7-10(13)3-4-11(12)9(2)15/h3-4,7-9,14-15H,5-6H2,1-2H3/t8?,9-/m1/s1. The number of ether oxygens (including phenoxy) is 1. The molecule has 0 aliphatic heterocycles. The van der Waals surface area contributed by atoms with Crippen LogP contribution < -0.4 is 4.74 Å². The summed E-state index contributed by atoms with van der Waals surface area (Å²) in [5, 5.41) is 18.7. The molecule has 1 unspecified atom stereocenters. The predicted octanol–water partition coefficient (Wildman–Crippen LogP) is 2.65. The van der Waals surface area contributed by atoms with Gasteiger partial charge in [-0.15, -0.1) is 0 Å². The van der Waals surface area contributed by atoms with Gasteiger partial charge in [0.1, 0.15) is 5.75 Å². The molecule has 0 aliphatic rings. The van der Waals surface area contributed by atoms with Crippen molar-refractivity contribution in [3.8, 4) is 5.75 Å². The monoisotopic (exact) mass is 288 g/mol. The van der Waals surface area contributed by atoms with Crippen LogP contribution in [0.3, 0.4) is 0 Å². The van der Waals surface area contributed by atoms with Crippen LogP contribution in [0.1, 0.15) is 31.9 Å². The van der Waals surface area contributed by atoms with Gasteiger partial charge in [0.05, 0.1) is 18.8 Å². The van der Waals surface area contributed by atoms with Crippen molar-refractivity contribution in [3.05, 3.63) is 28.2 Å². The van der Waals surface area contributed by atoms with E-state index in [0.717, 1.165) is 10.0 Å². The molecule has 0 radical (unpaired) electrons. The summed E-state index contributed by atoms with van der Waals surface area (Å²) < 4.78 is 6.45. The van der Waals surface area contributed by atoms with Crippen molar-refractivity contribution >= 4 is 15.9 Å². The minimum Gasteiger partial charge on any atom is -0.493 e. The molecule has 0 fully saturated rings. The lowest BCUT2D eigenvalue weighted by Crippen LogP contribution is -2.09. The van der Waals surface area contributed by atoms with Crippen LogP contribution in [0, 0.1) is 0 Å². The first-order chi connectivity index (χ1) is 7.50. The third kappa shape index (κ3) is 4.12. The Bertz CT molecular complexity index is 337. The van der Waals surface area contributed by atoms with Crippen LogP contribution >= 0.6 is 15.9 Å². The maximum atomic E-state index is 9.56. The molecule has 3 nitrogen and oxygen atoms in total. The fraction of sp³-hybridized carbons (Fsp3) is 0.500. The molecule has 90 valence electrons. The Morgan fingerprint density at radius 3 is 2.56 bits per heavy atom. The van der Waals surface area contributed by atoms with E-state index in [2.05, 4.69) is 15.9 Å². The van der Waals surface area contributed by atoms with Crippen LogP contribution in [-0.4, -0.2) is 22.9 Å². The van der Waals surface area contributed by atoms with Crippen molar-refractivity contribution in [1.29, 1.82) is 0 Å². The molecule has 4 heteroatoms. The number of aliphatic hydroxyl groups is 2. The highest BCUT2D eigenvalue weighted by Gasteiger charge is 2.09. The number of benzene rings is 1. The number of hydrogen-bond donors (Lipinski definition) is 2. The van der Waals surface area contributed by atoms with E-state index in [1.807, 2.05) is 18.2 Å². The zero-order chi connectivity index (χ0) is 12.1. The molecular formula is C12H17BrO3. The molecule has 2 N–H and O–H groups in total. The molecule has 1 aromatic rings. The molecule has 0 spiro atoms. The van der Waals surface area contributed by atoms with Gasteiger partial charge in [-0.2, -0.15) is 0 Å². The van der Waals surface area contributed by atoms with Crippen LogP contribution in [0.2, 0.25) is 0 Å². The van der Waals surface area contributed by atoms with E-state index in [-0.39, 0.29) is 6.10 Å². The third-order valence-electron chi connectivity index (χ3n) is 2.22. The smallest absolute Gasteiger partial charge is 0.126 e. The summed E-state index contributed by atoms with van der Waals surface area (Å²) in [4.78, 5) is 0. The second-order valence-corrected chi connectivity index (χ2v) is 4.76. The van der Waals surface area contributed by atoms with E-state index in [9.17, 15) is 5.11 Å². The van der Waals surface area contributed by atoms with Crippen molar-refractivity contribution in [2.45, 2.75) is 32.5 Å². The lowest BCUT2D eigenvalue weighted by atomic mass is 10.1. The summed E-state index contributed by atoms with van der Waals surface area (Å²) in [5.74, 6) is 0.657. The van der Waals surface area contributed by atoms with E-state index in [0.29, 0.717) is 18.8 Å². The maximum Gasteiger partial charge on any atom is 0.126 e. The molecular weight excluding hydrogens is 272 g/mol. The summed E-state index contributed by atoms with van der Waals surface area (Å²) in [5.41, 5.74) is 0.758. The van der Waals surface area contributed by atoms with Gasteiger partial charge in [-0.3, -0.25) is 0 Å². The average molecular weight is 289 g/mol. The lowest BCUT2D eigenvalue weighted by Gasteiger charge is -2.14. The molecule has 0 aliphatic carbocycles. The summed E-state index contributed by atoms with van der Waals surface area (Å²) in [6.07, 6.45) is -0.358. The molecule has 0 heterocycles. The Balaban J connectivity index is 2.72. The number of halogens is 1. The second kappa shape index (κ2) is 6.23. The van der Waals surface area contributed by atoms with Crippen molar-refractivity contribution in [2.75, 3.05) is 6.61 Å². The van der Waals surface area contributed by atoms with Gasteiger partial charge in [-0.25, -0.2) is 0 Å². The van der Waals surface area contributed by atoms with E-state index >= 15 is 0 Å². The fourth-order valence-electron chi connectivity index (χ4n) is 1.32. The zero-order valence-electron chi connectivity index (χ0n) is 9.48. The summed E-state index contributed by atoms with van der Waals surface area (Å²) in [6.45, 7) is 3.86. The van der Waals surface area contributed by atoms with Crippen LogP contribution in [0.25, 0.3) is 0 Å². The molecule has 0 bridgehead atoms. The van der Waals surface area contributed by atoms with Crippen molar-refractivity contribution in [2.24, 2.45) is 0 Å². The van der Waals surface area contributed by atoms with Gasteiger partial charge >= 0.3 is 0 Å². The highest BCUT2D eigenvalue weighted by Crippen LogP contribution is 2.28. The molecule has 1 rings (SSSR count). The first-order valence-electron chi connectivity index (χ1n) is 5.29. The predicted molar refractivity (Wildman–Crippen MR) is 66.6 cm³/mol. The van der Waals surface area contributed by atoms with Crippen LogP contribution in [0.5, 0.6) is 5.75 Å². The summed E-state index contributed by atoms with van der Waals surface area (Å²) in [7, 11) is 0. The van der Waals surface area contributed by atoms with Gasteiger partial charge in [0.2, 0.25) is 0 Å². The van der Waals surface area contributed by atoms with Gasteiger partial charge in [0.25, 0.3) is 0 Å². The molecule has 0 saturated heterocycles. The Morgan fingerprint density at radius 1 is 1.31 bits per heavy atom. The quantitative estimate of drug-likeness (QED) is 0.876. The van der Waals surface area contributed by atoms with Gasteiger partial charge < -0.3 is 14.9 Å². The Hall–Kier alpha value is -0.580. The van der Waals surface area contributed by atoms with E-state index in [4.69, 9.17) is 9.84 Å². The van der Waals surface area contributed by atoms with Crippen molar-refractivity contribution in [1.82, 2.24) is 0 Å². The Labute approximate surface area is 104 Å². The molecule has 1 aromatic carbocycles. The first kappa shape index (κ1) is 13.5. The topological polar surface area (TPSA) is 49.7 Å². The highest BCUT2D eigenvalue weighted by atomic mass is 79.9. The molecule has 16 heavy (non-hydrogen) atoms.